The molecule has 2 nitrogen and oxygen atoms in total. The molecule has 19 heavy (non-hydrogen) atoms. The summed E-state index contributed by atoms with van der Waals surface area (Å²) in [6.07, 6.45) is 6.83. The van der Waals surface area contributed by atoms with E-state index in [1.54, 1.807) is 0 Å². The Morgan fingerprint density at radius 3 is 2.26 bits per heavy atom. The smallest absolute Gasteiger partial charge is 0.0119 e. The zero-order valence-electron chi connectivity index (χ0n) is 13.7. The molecule has 3 unspecified atom stereocenters. The third-order valence-electron chi connectivity index (χ3n) is 5.59. The van der Waals surface area contributed by atoms with Crippen molar-refractivity contribution in [3.05, 3.63) is 0 Å². The third-order valence-corrected chi connectivity index (χ3v) is 5.59. The largest absolute Gasteiger partial charge is 0.316 e. The topological polar surface area (TPSA) is 24.1 Å². The van der Waals surface area contributed by atoms with Gasteiger partial charge in [-0.3, -0.25) is 0 Å². The molecule has 0 aromatic carbocycles. The first-order chi connectivity index (χ1) is 8.79. The van der Waals surface area contributed by atoms with Crippen molar-refractivity contribution in [3.63, 3.8) is 0 Å². The van der Waals surface area contributed by atoms with E-state index in [0.717, 1.165) is 12.0 Å². The molecule has 2 heterocycles. The summed E-state index contributed by atoms with van der Waals surface area (Å²) in [6, 6.07) is 1.48. The van der Waals surface area contributed by atoms with Crippen LogP contribution in [0, 0.1) is 16.7 Å². The van der Waals surface area contributed by atoms with E-state index >= 15 is 0 Å². The van der Waals surface area contributed by atoms with E-state index in [0.29, 0.717) is 16.9 Å². The van der Waals surface area contributed by atoms with Crippen LogP contribution in [0.2, 0.25) is 0 Å². The predicted octanol–water partition coefficient (Wildman–Crippen LogP) is 3.57. The van der Waals surface area contributed by atoms with Crippen molar-refractivity contribution in [2.24, 2.45) is 16.7 Å². The van der Waals surface area contributed by atoms with Gasteiger partial charge in [0.25, 0.3) is 0 Å². The Kier molecular flexibility index (Phi) is 4.62. The molecule has 0 spiro atoms. The standard InChI is InChI=1S/C17H34N2/c1-16(2,3)15-7-6-14(19-15)8-10-17(4,5)13-9-11-18-12-13/h13-15,18-19H,6-12H2,1-5H3. The number of rotatable bonds is 4. The summed E-state index contributed by atoms with van der Waals surface area (Å²) < 4.78 is 0. The molecule has 2 N–H and O–H groups in total. The first-order valence-corrected chi connectivity index (χ1v) is 8.26. The first kappa shape index (κ1) is 15.3. The molecule has 3 atom stereocenters. The van der Waals surface area contributed by atoms with Gasteiger partial charge in [-0.2, -0.15) is 0 Å². The summed E-state index contributed by atoms with van der Waals surface area (Å²) in [5.74, 6) is 0.882. The van der Waals surface area contributed by atoms with Crippen molar-refractivity contribution in [3.8, 4) is 0 Å². The van der Waals surface area contributed by atoms with Gasteiger partial charge >= 0.3 is 0 Å². The van der Waals surface area contributed by atoms with Crippen LogP contribution in [0.15, 0.2) is 0 Å². The molecule has 2 rings (SSSR count). The van der Waals surface area contributed by atoms with Crippen LogP contribution in [0.1, 0.15) is 66.7 Å². The Labute approximate surface area is 120 Å². The molecule has 0 amide bonds. The molecule has 0 saturated carbocycles. The Hall–Kier alpha value is -0.0800. The normalized spacial score (nSPS) is 33.0. The summed E-state index contributed by atoms with van der Waals surface area (Å²) in [5, 5.41) is 7.40. The highest BCUT2D eigenvalue weighted by Crippen LogP contribution is 2.37. The Balaban J connectivity index is 1.77. The van der Waals surface area contributed by atoms with Gasteiger partial charge in [-0.05, 0) is 61.9 Å². The molecule has 2 heteroatoms. The minimum Gasteiger partial charge on any atom is -0.316 e. The minimum absolute atomic E-state index is 0.416. The second-order valence-electron chi connectivity index (χ2n) is 8.58. The highest BCUT2D eigenvalue weighted by Gasteiger charge is 2.35. The molecule has 0 aromatic rings. The van der Waals surface area contributed by atoms with E-state index < -0.39 is 0 Å². The molecule has 0 aliphatic carbocycles. The molecule has 0 bridgehead atoms. The second-order valence-corrected chi connectivity index (χ2v) is 8.58. The molecule has 2 aliphatic rings. The van der Waals surface area contributed by atoms with Crippen LogP contribution in [0.3, 0.4) is 0 Å². The fourth-order valence-electron chi connectivity index (χ4n) is 3.80. The van der Waals surface area contributed by atoms with Gasteiger partial charge in [0, 0.05) is 12.1 Å². The van der Waals surface area contributed by atoms with Gasteiger partial charge in [-0.15, -0.1) is 0 Å². The summed E-state index contributed by atoms with van der Waals surface area (Å²) >= 11 is 0. The lowest BCUT2D eigenvalue weighted by Gasteiger charge is -2.33. The predicted molar refractivity (Wildman–Crippen MR) is 83.4 cm³/mol. The van der Waals surface area contributed by atoms with Crippen molar-refractivity contribution >= 4 is 0 Å². The zero-order valence-corrected chi connectivity index (χ0v) is 13.7. The third kappa shape index (κ3) is 3.95. The lowest BCUT2D eigenvalue weighted by molar-refractivity contribution is 0.196. The fourth-order valence-corrected chi connectivity index (χ4v) is 3.80. The van der Waals surface area contributed by atoms with E-state index in [-0.39, 0.29) is 0 Å². The zero-order chi connectivity index (χ0) is 14.1. The lowest BCUT2D eigenvalue weighted by atomic mass is 9.74. The molecule has 2 fully saturated rings. The Bertz CT molecular complexity index is 284. The lowest BCUT2D eigenvalue weighted by Crippen LogP contribution is -2.39. The summed E-state index contributed by atoms with van der Waals surface area (Å²) in [5.41, 5.74) is 0.921. The summed E-state index contributed by atoms with van der Waals surface area (Å²) in [6.45, 7) is 14.5. The van der Waals surface area contributed by atoms with Gasteiger partial charge in [0.15, 0.2) is 0 Å². The quantitative estimate of drug-likeness (QED) is 0.813. The van der Waals surface area contributed by atoms with Gasteiger partial charge in [0.1, 0.15) is 0 Å². The van der Waals surface area contributed by atoms with Gasteiger partial charge in [-0.25, -0.2) is 0 Å². The molecular weight excluding hydrogens is 232 g/mol. The van der Waals surface area contributed by atoms with E-state index in [2.05, 4.69) is 45.3 Å². The van der Waals surface area contributed by atoms with E-state index in [4.69, 9.17) is 0 Å². The molecular formula is C17H34N2. The second kappa shape index (κ2) is 5.73. The monoisotopic (exact) mass is 266 g/mol. The van der Waals surface area contributed by atoms with Crippen molar-refractivity contribution in [2.45, 2.75) is 78.8 Å². The van der Waals surface area contributed by atoms with Crippen LogP contribution < -0.4 is 10.6 Å². The van der Waals surface area contributed by atoms with Crippen LogP contribution >= 0.6 is 0 Å². The first-order valence-electron chi connectivity index (χ1n) is 8.26. The average molecular weight is 266 g/mol. The van der Waals surface area contributed by atoms with Crippen molar-refractivity contribution in [1.29, 1.82) is 0 Å². The van der Waals surface area contributed by atoms with E-state index in [1.807, 2.05) is 0 Å². The van der Waals surface area contributed by atoms with Crippen LogP contribution in [0.5, 0.6) is 0 Å². The van der Waals surface area contributed by atoms with Gasteiger partial charge in [0.2, 0.25) is 0 Å². The molecule has 0 aromatic heterocycles. The Morgan fingerprint density at radius 1 is 1.00 bits per heavy atom. The van der Waals surface area contributed by atoms with Crippen molar-refractivity contribution in [2.75, 3.05) is 13.1 Å². The molecule has 0 radical (unpaired) electrons. The van der Waals surface area contributed by atoms with Crippen molar-refractivity contribution in [1.82, 2.24) is 10.6 Å². The number of hydrogen-bond donors (Lipinski definition) is 2. The highest BCUT2D eigenvalue weighted by molar-refractivity contribution is 4.92. The number of hydrogen-bond acceptors (Lipinski definition) is 2. The van der Waals surface area contributed by atoms with Gasteiger partial charge in [-0.1, -0.05) is 34.6 Å². The maximum atomic E-state index is 3.88. The Morgan fingerprint density at radius 2 is 1.74 bits per heavy atom. The van der Waals surface area contributed by atoms with Crippen LogP contribution in [-0.4, -0.2) is 25.2 Å². The maximum Gasteiger partial charge on any atom is 0.0119 e. The van der Waals surface area contributed by atoms with Gasteiger partial charge in [0.05, 0.1) is 0 Å². The highest BCUT2D eigenvalue weighted by atomic mass is 15.0. The van der Waals surface area contributed by atoms with E-state index in [1.165, 1.54) is 45.2 Å². The van der Waals surface area contributed by atoms with Crippen LogP contribution in [-0.2, 0) is 0 Å². The number of nitrogens with one attached hydrogen (secondary N) is 2. The van der Waals surface area contributed by atoms with Gasteiger partial charge < -0.3 is 10.6 Å². The van der Waals surface area contributed by atoms with E-state index in [9.17, 15) is 0 Å². The molecule has 2 aliphatic heterocycles. The molecule has 112 valence electrons. The van der Waals surface area contributed by atoms with Crippen molar-refractivity contribution < 1.29 is 0 Å². The van der Waals surface area contributed by atoms with Crippen LogP contribution in [0.4, 0.5) is 0 Å². The fraction of sp³-hybridized carbons (Fsp3) is 1.00. The maximum absolute atomic E-state index is 3.88. The minimum atomic E-state index is 0.416. The SMILES string of the molecule is CC(C)(C)C1CCC(CCC(C)(C)C2CCNC2)N1. The summed E-state index contributed by atoms with van der Waals surface area (Å²) in [7, 11) is 0. The van der Waals surface area contributed by atoms with Crippen LogP contribution in [0.25, 0.3) is 0 Å². The average Bonchev–Trinajstić information content (AvgIpc) is 2.97. The molecule has 2 saturated heterocycles. The summed E-state index contributed by atoms with van der Waals surface area (Å²) in [4.78, 5) is 0.